The van der Waals surface area contributed by atoms with Crippen LogP contribution in [-0.2, 0) is 0 Å². The highest BCUT2D eigenvalue weighted by Gasteiger charge is 2.04. The van der Waals surface area contributed by atoms with Gasteiger partial charge < -0.3 is 16.2 Å². The Morgan fingerprint density at radius 3 is 2.11 bits per heavy atom. The van der Waals surface area contributed by atoms with Crippen LogP contribution in [0.25, 0.3) is 0 Å². The summed E-state index contributed by atoms with van der Waals surface area (Å²) in [6.07, 6.45) is 0.791. The number of hydrogen-bond acceptors (Lipinski definition) is 3. The molecule has 2 rings (SSSR count). The van der Waals surface area contributed by atoms with E-state index in [9.17, 15) is 0 Å². The third-order valence-corrected chi connectivity index (χ3v) is 2.76. The minimum atomic E-state index is 0.000718. The van der Waals surface area contributed by atoms with Gasteiger partial charge >= 0.3 is 0 Å². The Labute approximate surface area is 107 Å². The summed E-state index contributed by atoms with van der Waals surface area (Å²) in [4.78, 5) is 0. The molecule has 4 N–H and O–H groups in total. The van der Waals surface area contributed by atoms with E-state index in [1.165, 1.54) is 0 Å². The first-order chi connectivity index (χ1) is 8.79. The molecule has 0 saturated heterocycles. The van der Waals surface area contributed by atoms with Crippen molar-refractivity contribution in [1.82, 2.24) is 0 Å². The molecule has 0 fully saturated rings. The minimum absolute atomic E-state index is 0.000718. The molecule has 0 amide bonds. The highest BCUT2D eigenvalue weighted by Crippen LogP contribution is 2.23. The van der Waals surface area contributed by atoms with Crippen LogP contribution in [0, 0.1) is 0 Å². The first kappa shape index (κ1) is 12.6. The molecule has 0 aromatic heterocycles. The highest BCUT2D eigenvalue weighted by atomic mass is 16.5. The molecule has 0 radical (unpaired) electrons. The fourth-order valence-electron chi connectivity index (χ4n) is 1.75. The van der Waals surface area contributed by atoms with Crippen molar-refractivity contribution in [3.8, 4) is 11.5 Å². The molecular formula is C15H18N2O. The van der Waals surface area contributed by atoms with Crippen molar-refractivity contribution in [2.75, 3.05) is 6.54 Å². The van der Waals surface area contributed by atoms with Crippen LogP contribution in [0.1, 0.15) is 18.0 Å². The Bertz CT molecular complexity index is 468. The van der Waals surface area contributed by atoms with E-state index in [0.29, 0.717) is 6.54 Å². The molecule has 0 aliphatic heterocycles. The Kier molecular flexibility index (Phi) is 4.34. The average molecular weight is 242 g/mol. The van der Waals surface area contributed by atoms with Crippen LogP contribution in [0.5, 0.6) is 11.5 Å². The lowest BCUT2D eigenvalue weighted by Crippen LogP contribution is -2.15. The molecule has 0 bridgehead atoms. The second-order valence-electron chi connectivity index (χ2n) is 4.17. The predicted molar refractivity (Wildman–Crippen MR) is 73.6 cm³/mol. The van der Waals surface area contributed by atoms with Crippen LogP contribution in [0.2, 0.25) is 0 Å². The molecular weight excluding hydrogens is 224 g/mol. The van der Waals surface area contributed by atoms with Crippen LogP contribution < -0.4 is 16.2 Å². The first-order valence-corrected chi connectivity index (χ1v) is 6.08. The molecule has 18 heavy (non-hydrogen) atoms. The standard InChI is InChI=1S/C15H18N2O/c16-11-10-15(17)12-6-8-14(9-7-12)18-13-4-2-1-3-5-13/h1-9,15H,10-11,16-17H2/t15-/m0/s1. The number of nitrogens with two attached hydrogens (primary N) is 2. The van der Waals surface area contributed by atoms with Crippen molar-refractivity contribution in [1.29, 1.82) is 0 Å². The SMILES string of the molecule is NCC[C@H](N)c1ccc(Oc2ccccc2)cc1. The molecule has 0 heterocycles. The maximum atomic E-state index is 5.99. The zero-order valence-electron chi connectivity index (χ0n) is 10.3. The van der Waals surface area contributed by atoms with Gasteiger partial charge in [-0.3, -0.25) is 0 Å². The smallest absolute Gasteiger partial charge is 0.127 e. The van der Waals surface area contributed by atoms with Gasteiger partial charge in [-0.1, -0.05) is 30.3 Å². The second kappa shape index (κ2) is 6.19. The van der Waals surface area contributed by atoms with Crippen LogP contribution >= 0.6 is 0 Å². The second-order valence-corrected chi connectivity index (χ2v) is 4.17. The molecule has 2 aromatic rings. The summed E-state index contributed by atoms with van der Waals surface area (Å²) in [5.41, 5.74) is 12.6. The first-order valence-electron chi connectivity index (χ1n) is 6.08. The molecule has 94 valence electrons. The topological polar surface area (TPSA) is 61.3 Å². The Hall–Kier alpha value is -1.84. The van der Waals surface area contributed by atoms with E-state index in [4.69, 9.17) is 16.2 Å². The molecule has 0 saturated carbocycles. The van der Waals surface area contributed by atoms with E-state index in [1.54, 1.807) is 0 Å². The summed E-state index contributed by atoms with van der Waals surface area (Å²) in [6, 6.07) is 17.5. The van der Waals surface area contributed by atoms with E-state index in [2.05, 4.69) is 0 Å². The number of rotatable bonds is 5. The quantitative estimate of drug-likeness (QED) is 0.847. The zero-order valence-corrected chi connectivity index (χ0v) is 10.3. The predicted octanol–water partition coefficient (Wildman–Crippen LogP) is 2.83. The van der Waals surface area contributed by atoms with Crippen LogP contribution in [0.3, 0.4) is 0 Å². The van der Waals surface area contributed by atoms with Crippen LogP contribution in [0.15, 0.2) is 54.6 Å². The van der Waals surface area contributed by atoms with Gasteiger partial charge in [0.25, 0.3) is 0 Å². The van der Waals surface area contributed by atoms with Gasteiger partial charge in [0.1, 0.15) is 11.5 Å². The van der Waals surface area contributed by atoms with Gasteiger partial charge in [-0.2, -0.15) is 0 Å². The molecule has 0 spiro atoms. The number of para-hydroxylation sites is 1. The molecule has 3 nitrogen and oxygen atoms in total. The van der Waals surface area contributed by atoms with Crippen LogP contribution in [0.4, 0.5) is 0 Å². The van der Waals surface area contributed by atoms with E-state index in [1.807, 2.05) is 54.6 Å². The number of ether oxygens (including phenoxy) is 1. The van der Waals surface area contributed by atoms with Gasteiger partial charge in [0.05, 0.1) is 0 Å². The normalized spacial score (nSPS) is 12.1. The summed E-state index contributed by atoms with van der Waals surface area (Å²) >= 11 is 0. The van der Waals surface area contributed by atoms with Crippen molar-refractivity contribution >= 4 is 0 Å². The van der Waals surface area contributed by atoms with E-state index in [-0.39, 0.29) is 6.04 Å². The molecule has 0 aliphatic rings. The van der Waals surface area contributed by atoms with Crippen molar-refractivity contribution in [2.24, 2.45) is 11.5 Å². The lowest BCUT2D eigenvalue weighted by Gasteiger charge is -2.11. The molecule has 1 atom stereocenters. The van der Waals surface area contributed by atoms with E-state index in [0.717, 1.165) is 23.5 Å². The molecule has 3 heteroatoms. The highest BCUT2D eigenvalue weighted by molar-refractivity contribution is 5.33. The lowest BCUT2D eigenvalue weighted by atomic mass is 10.0. The fraction of sp³-hybridized carbons (Fsp3) is 0.200. The lowest BCUT2D eigenvalue weighted by molar-refractivity contribution is 0.482. The summed E-state index contributed by atoms with van der Waals surface area (Å²) in [7, 11) is 0. The molecule has 2 aromatic carbocycles. The van der Waals surface area contributed by atoms with Crippen molar-refractivity contribution in [2.45, 2.75) is 12.5 Å². The third-order valence-electron chi connectivity index (χ3n) is 2.76. The van der Waals surface area contributed by atoms with Gasteiger partial charge in [0.15, 0.2) is 0 Å². The average Bonchev–Trinajstić information content (AvgIpc) is 2.41. The summed E-state index contributed by atoms with van der Waals surface area (Å²) < 4.78 is 5.71. The van der Waals surface area contributed by atoms with Gasteiger partial charge in [-0.05, 0) is 42.8 Å². The van der Waals surface area contributed by atoms with Crippen molar-refractivity contribution < 1.29 is 4.74 Å². The third kappa shape index (κ3) is 3.32. The monoisotopic (exact) mass is 242 g/mol. The van der Waals surface area contributed by atoms with Gasteiger partial charge in [-0.25, -0.2) is 0 Å². The Morgan fingerprint density at radius 2 is 1.50 bits per heavy atom. The van der Waals surface area contributed by atoms with Crippen molar-refractivity contribution in [3.63, 3.8) is 0 Å². The largest absolute Gasteiger partial charge is 0.457 e. The zero-order chi connectivity index (χ0) is 12.8. The summed E-state index contributed by atoms with van der Waals surface area (Å²) in [6.45, 7) is 0.601. The Balaban J connectivity index is 2.04. The maximum absolute atomic E-state index is 5.99. The summed E-state index contributed by atoms with van der Waals surface area (Å²) in [5, 5.41) is 0. The number of hydrogen-bond donors (Lipinski definition) is 2. The van der Waals surface area contributed by atoms with Gasteiger partial charge in [0, 0.05) is 6.04 Å². The molecule has 0 unspecified atom stereocenters. The van der Waals surface area contributed by atoms with Crippen LogP contribution in [-0.4, -0.2) is 6.54 Å². The molecule has 0 aliphatic carbocycles. The maximum Gasteiger partial charge on any atom is 0.127 e. The van der Waals surface area contributed by atoms with E-state index >= 15 is 0 Å². The van der Waals surface area contributed by atoms with E-state index < -0.39 is 0 Å². The van der Waals surface area contributed by atoms with Crippen molar-refractivity contribution in [3.05, 3.63) is 60.2 Å². The van der Waals surface area contributed by atoms with Gasteiger partial charge in [-0.15, -0.1) is 0 Å². The fourth-order valence-corrected chi connectivity index (χ4v) is 1.75. The number of benzene rings is 2. The Morgan fingerprint density at radius 1 is 0.889 bits per heavy atom. The van der Waals surface area contributed by atoms with Gasteiger partial charge in [0.2, 0.25) is 0 Å². The minimum Gasteiger partial charge on any atom is -0.457 e. The summed E-state index contributed by atoms with van der Waals surface area (Å²) in [5.74, 6) is 1.64.